The average molecular weight is 271 g/mol. The lowest BCUT2D eigenvalue weighted by Gasteiger charge is -2.05. The zero-order valence-electron chi connectivity index (χ0n) is 10.9. The van der Waals surface area contributed by atoms with Crippen molar-refractivity contribution in [3.63, 3.8) is 0 Å². The highest BCUT2D eigenvalue weighted by Gasteiger charge is 2.20. The van der Waals surface area contributed by atoms with Crippen molar-refractivity contribution in [2.24, 2.45) is 5.92 Å². The fourth-order valence-electron chi connectivity index (χ4n) is 2.49. The highest BCUT2D eigenvalue weighted by molar-refractivity contribution is 5.60. The fourth-order valence-corrected chi connectivity index (χ4v) is 2.49. The quantitative estimate of drug-likeness (QED) is 0.618. The van der Waals surface area contributed by atoms with Crippen LogP contribution < -0.4 is 5.56 Å². The van der Waals surface area contributed by atoms with Crippen LogP contribution >= 0.6 is 0 Å². The molecule has 2 heterocycles. The average Bonchev–Trinajstić information content (AvgIpc) is 2.80. The molecule has 102 valence electrons. The smallest absolute Gasteiger partial charge is 0.269 e. The third-order valence-corrected chi connectivity index (χ3v) is 3.49. The third kappa shape index (κ3) is 2.09. The summed E-state index contributed by atoms with van der Waals surface area (Å²) in [6.07, 6.45) is 0.788. The maximum absolute atomic E-state index is 12.0. The van der Waals surface area contributed by atoms with Crippen LogP contribution in [-0.4, -0.2) is 14.5 Å². The van der Waals surface area contributed by atoms with Crippen LogP contribution in [0.1, 0.15) is 12.7 Å². The highest BCUT2D eigenvalue weighted by atomic mass is 16.6. The van der Waals surface area contributed by atoms with Crippen LogP contribution in [0.4, 0.5) is 5.69 Å². The van der Waals surface area contributed by atoms with Crippen LogP contribution in [0.2, 0.25) is 0 Å². The van der Waals surface area contributed by atoms with Crippen LogP contribution in [0.25, 0.3) is 11.3 Å². The van der Waals surface area contributed by atoms with Gasteiger partial charge in [0.05, 0.1) is 10.6 Å². The predicted octanol–water partition coefficient (Wildman–Crippen LogP) is 2.01. The van der Waals surface area contributed by atoms with Crippen LogP contribution in [-0.2, 0) is 13.0 Å². The van der Waals surface area contributed by atoms with Gasteiger partial charge in [-0.1, -0.05) is 6.92 Å². The number of non-ortho nitro benzene ring substituents is 1. The van der Waals surface area contributed by atoms with E-state index in [0.29, 0.717) is 18.2 Å². The molecule has 1 aliphatic heterocycles. The second-order valence-corrected chi connectivity index (χ2v) is 5.12. The molecule has 1 aromatic carbocycles. The number of nitrogens with zero attached hydrogens (tertiary/aromatic N) is 3. The number of fused-ring (bicyclic) bond motifs is 1. The van der Waals surface area contributed by atoms with Gasteiger partial charge in [-0.2, -0.15) is 0 Å². The van der Waals surface area contributed by atoms with Gasteiger partial charge in [0.15, 0.2) is 0 Å². The summed E-state index contributed by atoms with van der Waals surface area (Å²) in [4.78, 5) is 26.7. The fraction of sp³-hybridized carbons (Fsp3) is 0.286. The van der Waals surface area contributed by atoms with E-state index >= 15 is 0 Å². The molecule has 1 aromatic heterocycles. The van der Waals surface area contributed by atoms with Gasteiger partial charge in [-0.25, -0.2) is 4.98 Å². The second kappa shape index (κ2) is 4.56. The van der Waals surface area contributed by atoms with Gasteiger partial charge < -0.3 is 0 Å². The van der Waals surface area contributed by atoms with E-state index in [4.69, 9.17) is 0 Å². The monoisotopic (exact) mass is 271 g/mol. The molecule has 0 N–H and O–H groups in total. The highest BCUT2D eigenvalue weighted by Crippen LogP contribution is 2.22. The van der Waals surface area contributed by atoms with Gasteiger partial charge in [-0.15, -0.1) is 0 Å². The summed E-state index contributed by atoms with van der Waals surface area (Å²) in [6, 6.07) is 7.57. The molecular weight excluding hydrogens is 258 g/mol. The Labute approximate surface area is 114 Å². The van der Waals surface area contributed by atoms with E-state index in [9.17, 15) is 14.9 Å². The molecule has 0 fully saturated rings. The Hall–Kier alpha value is -2.50. The number of benzene rings is 1. The minimum absolute atomic E-state index is 0.0280. The second-order valence-electron chi connectivity index (χ2n) is 5.12. The van der Waals surface area contributed by atoms with E-state index in [1.54, 1.807) is 16.7 Å². The first-order valence-electron chi connectivity index (χ1n) is 6.40. The summed E-state index contributed by atoms with van der Waals surface area (Å²) in [5.41, 5.74) is 1.26. The van der Waals surface area contributed by atoms with Crippen molar-refractivity contribution in [2.75, 3.05) is 0 Å². The van der Waals surface area contributed by atoms with Crippen molar-refractivity contribution in [1.29, 1.82) is 0 Å². The summed E-state index contributed by atoms with van der Waals surface area (Å²) in [6.45, 7) is 2.79. The van der Waals surface area contributed by atoms with E-state index in [2.05, 4.69) is 11.9 Å². The summed E-state index contributed by atoms with van der Waals surface area (Å²) in [5, 5.41) is 10.6. The van der Waals surface area contributed by atoms with E-state index in [0.717, 1.165) is 17.8 Å². The lowest BCUT2D eigenvalue weighted by molar-refractivity contribution is -0.384. The van der Waals surface area contributed by atoms with Gasteiger partial charge in [-0.3, -0.25) is 19.5 Å². The van der Waals surface area contributed by atoms with Gasteiger partial charge in [-0.05, 0) is 18.1 Å². The molecule has 2 aromatic rings. The van der Waals surface area contributed by atoms with Gasteiger partial charge in [0, 0.05) is 36.7 Å². The molecule has 0 amide bonds. The first kappa shape index (κ1) is 12.5. The normalized spacial score (nSPS) is 16.9. The summed E-state index contributed by atoms with van der Waals surface area (Å²) in [5.74, 6) is 1.21. The van der Waals surface area contributed by atoms with E-state index in [1.807, 2.05) is 0 Å². The maximum Gasteiger partial charge on any atom is 0.269 e. The van der Waals surface area contributed by atoms with Gasteiger partial charge >= 0.3 is 0 Å². The molecule has 0 saturated carbocycles. The van der Waals surface area contributed by atoms with E-state index in [-0.39, 0.29) is 11.2 Å². The molecule has 0 radical (unpaired) electrons. The lowest BCUT2D eigenvalue weighted by atomic mass is 10.1. The number of nitro benzene ring substituents is 1. The standard InChI is InChI=1S/C14H13N3O3/c1-9-6-13-15-12(7-14(18)16(13)8-9)10-2-4-11(5-3-10)17(19)20/h2-5,7,9H,6,8H2,1H3/t9-/m1/s1. The van der Waals surface area contributed by atoms with Crippen LogP contribution in [0.3, 0.4) is 0 Å². The largest absolute Gasteiger partial charge is 0.296 e. The first-order chi connectivity index (χ1) is 9.54. The molecule has 6 heteroatoms. The number of nitro groups is 1. The topological polar surface area (TPSA) is 78.0 Å². The van der Waals surface area contributed by atoms with E-state index in [1.165, 1.54) is 18.2 Å². The molecule has 6 nitrogen and oxygen atoms in total. The summed E-state index contributed by atoms with van der Waals surface area (Å²) >= 11 is 0. The van der Waals surface area contributed by atoms with Crippen molar-refractivity contribution in [1.82, 2.24) is 9.55 Å². The molecule has 20 heavy (non-hydrogen) atoms. The van der Waals surface area contributed by atoms with Crippen molar-refractivity contribution in [2.45, 2.75) is 19.9 Å². The van der Waals surface area contributed by atoms with Gasteiger partial charge in [0.25, 0.3) is 11.2 Å². The SMILES string of the molecule is C[C@@H]1Cc2nc(-c3ccc([N+](=O)[O-])cc3)cc(=O)n2C1. The first-order valence-corrected chi connectivity index (χ1v) is 6.40. The third-order valence-electron chi connectivity index (χ3n) is 3.49. The molecule has 1 aliphatic rings. The Morgan fingerprint density at radius 1 is 1.35 bits per heavy atom. The maximum atomic E-state index is 12.0. The Balaban J connectivity index is 2.03. The van der Waals surface area contributed by atoms with Gasteiger partial charge in [0.2, 0.25) is 0 Å². The van der Waals surface area contributed by atoms with Crippen LogP contribution in [0.5, 0.6) is 0 Å². The zero-order valence-corrected chi connectivity index (χ0v) is 10.9. The van der Waals surface area contributed by atoms with Crippen molar-refractivity contribution < 1.29 is 4.92 Å². The molecule has 0 aliphatic carbocycles. The molecule has 1 atom stereocenters. The van der Waals surface area contributed by atoms with Crippen LogP contribution in [0.15, 0.2) is 35.1 Å². The minimum Gasteiger partial charge on any atom is -0.296 e. The van der Waals surface area contributed by atoms with Crippen molar-refractivity contribution in [3.8, 4) is 11.3 Å². The number of aromatic nitrogens is 2. The molecule has 0 spiro atoms. The Morgan fingerprint density at radius 2 is 2.05 bits per heavy atom. The predicted molar refractivity (Wildman–Crippen MR) is 73.5 cm³/mol. The lowest BCUT2D eigenvalue weighted by Crippen LogP contribution is -2.20. The zero-order chi connectivity index (χ0) is 14.3. The molecule has 0 saturated heterocycles. The molecule has 0 unspecified atom stereocenters. The van der Waals surface area contributed by atoms with Gasteiger partial charge in [0.1, 0.15) is 5.82 Å². The van der Waals surface area contributed by atoms with E-state index < -0.39 is 4.92 Å². The molecule has 0 bridgehead atoms. The van der Waals surface area contributed by atoms with Crippen molar-refractivity contribution >= 4 is 5.69 Å². The Bertz CT molecular complexity index is 734. The number of hydrogen-bond acceptors (Lipinski definition) is 4. The number of hydrogen-bond donors (Lipinski definition) is 0. The number of rotatable bonds is 2. The summed E-state index contributed by atoms with van der Waals surface area (Å²) < 4.78 is 1.69. The Morgan fingerprint density at radius 3 is 2.70 bits per heavy atom. The molecule has 3 rings (SSSR count). The minimum atomic E-state index is -0.448. The summed E-state index contributed by atoms with van der Waals surface area (Å²) in [7, 11) is 0. The Kier molecular flexibility index (Phi) is 2.85. The van der Waals surface area contributed by atoms with Crippen molar-refractivity contribution in [3.05, 3.63) is 56.6 Å². The molecular formula is C14H13N3O3. The van der Waals surface area contributed by atoms with Crippen LogP contribution in [0, 0.1) is 16.0 Å².